The quantitative estimate of drug-likeness (QED) is 0.644. The molecule has 1 aliphatic heterocycles. The van der Waals surface area contributed by atoms with Crippen molar-refractivity contribution >= 4 is 6.03 Å². The van der Waals surface area contributed by atoms with E-state index in [-0.39, 0.29) is 6.03 Å². The van der Waals surface area contributed by atoms with E-state index < -0.39 is 0 Å². The van der Waals surface area contributed by atoms with Crippen LogP contribution in [0.2, 0.25) is 0 Å². The molecule has 0 bridgehead atoms. The van der Waals surface area contributed by atoms with Gasteiger partial charge in [0.1, 0.15) is 12.7 Å². The molecule has 0 unspecified atom stereocenters. The van der Waals surface area contributed by atoms with Crippen molar-refractivity contribution in [3.05, 3.63) is 12.7 Å². The predicted octanol–water partition coefficient (Wildman–Crippen LogP) is -0.726. The maximum atomic E-state index is 11.5. The lowest BCUT2D eigenvalue weighted by Gasteiger charge is -2.26. The molecule has 1 N–H and O–H groups in total. The van der Waals surface area contributed by atoms with Gasteiger partial charge in [-0.25, -0.2) is 14.9 Å². The topological polar surface area (TPSA) is 72.3 Å². The van der Waals surface area contributed by atoms with E-state index in [9.17, 15) is 4.79 Å². The first-order chi connectivity index (χ1) is 6.86. The van der Waals surface area contributed by atoms with Gasteiger partial charge in [0.15, 0.2) is 0 Å². The second kappa shape index (κ2) is 4.05. The number of hydrogen-bond acceptors (Lipinski definition) is 4. The van der Waals surface area contributed by atoms with E-state index in [4.69, 9.17) is 4.74 Å². The number of nitrogens with one attached hydrogen (secondary N) is 1. The molecular formula is C7H11N5O2. The van der Waals surface area contributed by atoms with Crippen LogP contribution < -0.4 is 5.43 Å². The molecule has 1 fully saturated rings. The highest BCUT2D eigenvalue weighted by Gasteiger charge is 2.16. The average molecular weight is 197 g/mol. The molecule has 0 radical (unpaired) electrons. The summed E-state index contributed by atoms with van der Waals surface area (Å²) in [7, 11) is 0. The molecule has 0 aromatic carbocycles. The number of carbonyl (C=O) groups is 1. The van der Waals surface area contributed by atoms with Gasteiger partial charge in [-0.1, -0.05) is 0 Å². The molecule has 2 rings (SSSR count). The maximum Gasteiger partial charge on any atom is 0.336 e. The summed E-state index contributed by atoms with van der Waals surface area (Å²) in [4.78, 5) is 13.2. The van der Waals surface area contributed by atoms with Crippen molar-refractivity contribution in [2.45, 2.75) is 0 Å². The van der Waals surface area contributed by atoms with E-state index in [1.807, 2.05) is 0 Å². The van der Waals surface area contributed by atoms with Gasteiger partial charge >= 0.3 is 6.03 Å². The highest BCUT2D eigenvalue weighted by atomic mass is 16.5. The third kappa shape index (κ3) is 1.99. The molecule has 1 saturated heterocycles. The van der Waals surface area contributed by atoms with E-state index in [1.54, 1.807) is 4.90 Å². The summed E-state index contributed by atoms with van der Waals surface area (Å²) < 4.78 is 6.55. The Morgan fingerprint density at radius 2 is 1.93 bits per heavy atom. The summed E-state index contributed by atoms with van der Waals surface area (Å²) in [6.45, 7) is 2.42. The molecule has 7 heteroatoms. The molecule has 0 spiro atoms. The number of morpholine rings is 1. The second-order valence-corrected chi connectivity index (χ2v) is 2.89. The molecule has 14 heavy (non-hydrogen) atoms. The van der Waals surface area contributed by atoms with E-state index >= 15 is 0 Å². The fourth-order valence-electron chi connectivity index (χ4n) is 1.21. The van der Waals surface area contributed by atoms with Gasteiger partial charge in [-0.05, 0) is 0 Å². The lowest BCUT2D eigenvalue weighted by molar-refractivity contribution is 0.0558. The third-order valence-electron chi connectivity index (χ3n) is 1.94. The first-order valence-electron chi connectivity index (χ1n) is 4.34. The summed E-state index contributed by atoms with van der Waals surface area (Å²) in [5.41, 5.74) is 2.61. The Morgan fingerprint density at radius 1 is 1.29 bits per heavy atom. The summed E-state index contributed by atoms with van der Waals surface area (Å²) in [5, 5.41) is 7.15. The van der Waals surface area contributed by atoms with E-state index in [0.29, 0.717) is 26.3 Å². The minimum atomic E-state index is -0.159. The van der Waals surface area contributed by atoms with Crippen molar-refractivity contribution in [1.29, 1.82) is 0 Å². The molecule has 2 heterocycles. The van der Waals surface area contributed by atoms with Gasteiger partial charge in [0, 0.05) is 13.1 Å². The van der Waals surface area contributed by atoms with Gasteiger partial charge in [-0.2, -0.15) is 0 Å². The van der Waals surface area contributed by atoms with Crippen LogP contribution in [0.1, 0.15) is 0 Å². The summed E-state index contributed by atoms with van der Waals surface area (Å²) >= 11 is 0. The summed E-state index contributed by atoms with van der Waals surface area (Å²) in [5.74, 6) is 0. The number of rotatable bonds is 1. The van der Waals surface area contributed by atoms with Crippen molar-refractivity contribution in [1.82, 2.24) is 19.8 Å². The molecule has 0 atom stereocenters. The van der Waals surface area contributed by atoms with Crippen LogP contribution in [0, 0.1) is 0 Å². The Kier molecular flexibility index (Phi) is 2.59. The molecule has 1 aliphatic rings. The van der Waals surface area contributed by atoms with E-state index in [2.05, 4.69) is 15.6 Å². The Morgan fingerprint density at radius 3 is 2.57 bits per heavy atom. The number of nitrogens with zero attached hydrogens (tertiary/aromatic N) is 4. The van der Waals surface area contributed by atoms with Crippen molar-refractivity contribution in [3.8, 4) is 0 Å². The van der Waals surface area contributed by atoms with Crippen LogP contribution in [0.3, 0.4) is 0 Å². The summed E-state index contributed by atoms with van der Waals surface area (Å²) in [6.07, 6.45) is 2.86. The average Bonchev–Trinajstić information content (AvgIpc) is 2.72. The lowest BCUT2D eigenvalue weighted by Crippen LogP contribution is -2.44. The molecule has 1 aromatic heterocycles. The zero-order valence-corrected chi connectivity index (χ0v) is 7.59. The normalized spacial score (nSPS) is 16.7. The zero-order chi connectivity index (χ0) is 9.80. The van der Waals surface area contributed by atoms with Crippen molar-refractivity contribution < 1.29 is 9.53 Å². The fourth-order valence-corrected chi connectivity index (χ4v) is 1.21. The number of urea groups is 1. The van der Waals surface area contributed by atoms with E-state index in [1.165, 1.54) is 17.3 Å². The van der Waals surface area contributed by atoms with Gasteiger partial charge in [0.25, 0.3) is 0 Å². The Labute approximate surface area is 80.6 Å². The van der Waals surface area contributed by atoms with Crippen LogP contribution >= 0.6 is 0 Å². The van der Waals surface area contributed by atoms with Crippen LogP contribution in [0.4, 0.5) is 4.79 Å². The minimum Gasteiger partial charge on any atom is -0.378 e. The van der Waals surface area contributed by atoms with Crippen LogP contribution in [-0.2, 0) is 4.74 Å². The van der Waals surface area contributed by atoms with Gasteiger partial charge in [-0.15, -0.1) is 10.2 Å². The van der Waals surface area contributed by atoms with Crippen LogP contribution in [-0.4, -0.2) is 52.1 Å². The highest BCUT2D eigenvalue weighted by molar-refractivity contribution is 5.81. The molecule has 2 amide bonds. The van der Waals surface area contributed by atoms with Gasteiger partial charge in [-0.3, -0.25) is 0 Å². The number of amides is 2. The SMILES string of the molecule is O=C(Nn1cnnc1)N1CCOCC1. The fraction of sp³-hybridized carbons (Fsp3) is 0.571. The highest BCUT2D eigenvalue weighted by Crippen LogP contribution is 1.97. The maximum absolute atomic E-state index is 11.5. The Balaban J connectivity index is 1.88. The standard InChI is InChI=1S/C7H11N5O2/c13-7(10-12-5-8-9-6-12)11-1-3-14-4-2-11/h5-6H,1-4H2,(H,10,13). The molecular weight excluding hydrogens is 186 g/mol. The first-order valence-corrected chi connectivity index (χ1v) is 4.34. The monoisotopic (exact) mass is 197 g/mol. The van der Waals surface area contributed by atoms with Crippen molar-refractivity contribution in [2.75, 3.05) is 31.7 Å². The number of aromatic nitrogens is 3. The van der Waals surface area contributed by atoms with Gasteiger partial charge in [0.2, 0.25) is 0 Å². The molecule has 1 aromatic rings. The molecule has 76 valence electrons. The number of hydrogen-bond donors (Lipinski definition) is 1. The molecule has 0 saturated carbocycles. The molecule has 0 aliphatic carbocycles. The van der Waals surface area contributed by atoms with Crippen LogP contribution in [0.25, 0.3) is 0 Å². The smallest absolute Gasteiger partial charge is 0.336 e. The van der Waals surface area contributed by atoms with E-state index in [0.717, 1.165) is 0 Å². The third-order valence-corrected chi connectivity index (χ3v) is 1.94. The lowest BCUT2D eigenvalue weighted by atomic mass is 10.4. The zero-order valence-electron chi connectivity index (χ0n) is 7.59. The van der Waals surface area contributed by atoms with Crippen LogP contribution in [0.15, 0.2) is 12.7 Å². The predicted molar refractivity (Wildman–Crippen MR) is 47.2 cm³/mol. The second-order valence-electron chi connectivity index (χ2n) is 2.89. The summed E-state index contributed by atoms with van der Waals surface area (Å²) in [6, 6.07) is -0.159. The van der Waals surface area contributed by atoms with Gasteiger partial charge in [0.05, 0.1) is 13.2 Å². The minimum absolute atomic E-state index is 0.159. The largest absolute Gasteiger partial charge is 0.378 e. The Bertz CT molecular complexity index is 293. The van der Waals surface area contributed by atoms with Crippen molar-refractivity contribution in [2.24, 2.45) is 0 Å². The molecule has 7 nitrogen and oxygen atoms in total. The van der Waals surface area contributed by atoms with Crippen LogP contribution in [0.5, 0.6) is 0 Å². The number of carbonyl (C=O) groups excluding carboxylic acids is 1. The Hall–Kier alpha value is -1.63. The first kappa shape index (κ1) is 8.95. The van der Waals surface area contributed by atoms with Gasteiger partial charge < -0.3 is 9.64 Å². The number of ether oxygens (including phenoxy) is 1. The van der Waals surface area contributed by atoms with Crippen molar-refractivity contribution in [3.63, 3.8) is 0 Å².